The largest absolute Gasteiger partial charge is 0.326 e. The van der Waals surface area contributed by atoms with E-state index in [9.17, 15) is 0 Å². The average Bonchev–Trinajstić information content (AvgIpc) is 2.41. The zero-order chi connectivity index (χ0) is 14.5. The van der Waals surface area contributed by atoms with Crippen LogP contribution in [-0.4, -0.2) is 24.0 Å². The lowest BCUT2D eigenvalue weighted by Gasteiger charge is -2.39. The SMILES string of the molecule is CCCC1CCN(C(c2cccc(C)c2)C(C)N)CC1. The molecule has 1 fully saturated rings. The normalized spacial score (nSPS) is 20.8. The second-order valence-electron chi connectivity index (χ2n) is 6.49. The summed E-state index contributed by atoms with van der Waals surface area (Å²) in [6.45, 7) is 9.00. The zero-order valence-corrected chi connectivity index (χ0v) is 13.3. The van der Waals surface area contributed by atoms with Crippen molar-refractivity contribution in [3.05, 3.63) is 35.4 Å². The number of aryl methyl sites for hydroxylation is 1. The van der Waals surface area contributed by atoms with E-state index in [-0.39, 0.29) is 6.04 Å². The maximum atomic E-state index is 6.30. The molecule has 2 atom stereocenters. The van der Waals surface area contributed by atoms with E-state index in [1.807, 2.05) is 0 Å². The van der Waals surface area contributed by atoms with Crippen LogP contribution in [0.3, 0.4) is 0 Å². The van der Waals surface area contributed by atoms with E-state index in [4.69, 9.17) is 5.73 Å². The lowest BCUT2D eigenvalue weighted by atomic mass is 9.89. The highest BCUT2D eigenvalue weighted by Crippen LogP contribution is 2.30. The van der Waals surface area contributed by atoms with Crippen LogP contribution in [0.5, 0.6) is 0 Å². The maximum absolute atomic E-state index is 6.30. The third-order valence-corrected chi connectivity index (χ3v) is 4.62. The highest BCUT2D eigenvalue weighted by molar-refractivity contribution is 5.26. The quantitative estimate of drug-likeness (QED) is 0.882. The number of benzene rings is 1. The van der Waals surface area contributed by atoms with Gasteiger partial charge in [0.1, 0.15) is 0 Å². The Bertz CT molecular complexity index is 406. The molecule has 112 valence electrons. The van der Waals surface area contributed by atoms with E-state index >= 15 is 0 Å². The first-order chi connectivity index (χ1) is 9.61. The van der Waals surface area contributed by atoms with Crippen LogP contribution >= 0.6 is 0 Å². The van der Waals surface area contributed by atoms with Crippen LogP contribution < -0.4 is 5.73 Å². The van der Waals surface area contributed by atoms with Gasteiger partial charge in [-0.15, -0.1) is 0 Å². The van der Waals surface area contributed by atoms with Crippen LogP contribution in [-0.2, 0) is 0 Å². The van der Waals surface area contributed by atoms with Gasteiger partial charge in [-0.25, -0.2) is 0 Å². The molecular formula is C18H30N2. The topological polar surface area (TPSA) is 29.3 Å². The van der Waals surface area contributed by atoms with Gasteiger partial charge in [0.2, 0.25) is 0 Å². The first-order valence-electron chi connectivity index (χ1n) is 8.18. The highest BCUT2D eigenvalue weighted by Gasteiger charge is 2.28. The van der Waals surface area contributed by atoms with Crippen molar-refractivity contribution in [2.75, 3.05) is 13.1 Å². The Morgan fingerprint density at radius 1 is 1.30 bits per heavy atom. The van der Waals surface area contributed by atoms with Crippen molar-refractivity contribution >= 4 is 0 Å². The fourth-order valence-corrected chi connectivity index (χ4v) is 3.63. The second-order valence-corrected chi connectivity index (χ2v) is 6.49. The molecule has 2 heteroatoms. The molecule has 1 aromatic rings. The Morgan fingerprint density at radius 2 is 2.00 bits per heavy atom. The van der Waals surface area contributed by atoms with Crippen LogP contribution in [0.4, 0.5) is 0 Å². The van der Waals surface area contributed by atoms with Gasteiger partial charge in [0.15, 0.2) is 0 Å². The van der Waals surface area contributed by atoms with Crippen LogP contribution in [0, 0.1) is 12.8 Å². The Hall–Kier alpha value is -0.860. The zero-order valence-electron chi connectivity index (χ0n) is 13.3. The minimum Gasteiger partial charge on any atom is -0.326 e. The molecule has 0 amide bonds. The molecule has 0 radical (unpaired) electrons. The number of hydrogen-bond donors (Lipinski definition) is 1. The van der Waals surface area contributed by atoms with Gasteiger partial charge in [-0.1, -0.05) is 49.6 Å². The van der Waals surface area contributed by atoms with Crippen molar-refractivity contribution in [3.63, 3.8) is 0 Å². The minimum absolute atomic E-state index is 0.180. The number of nitrogens with zero attached hydrogens (tertiary/aromatic N) is 1. The van der Waals surface area contributed by atoms with Gasteiger partial charge in [-0.3, -0.25) is 4.90 Å². The summed E-state index contributed by atoms with van der Waals surface area (Å²) >= 11 is 0. The summed E-state index contributed by atoms with van der Waals surface area (Å²) in [6, 6.07) is 9.40. The molecule has 0 aliphatic carbocycles. The molecule has 0 saturated carbocycles. The minimum atomic E-state index is 0.180. The van der Waals surface area contributed by atoms with Gasteiger partial charge in [-0.2, -0.15) is 0 Å². The predicted octanol–water partition coefficient (Wildman–Crippen LogP) is 3.90. The van der Waals surface area contributed by atoms with Crippen LogP contribution in [0.15, 0.2) is 24.3 Å². The number of likely N-dealkylation sites (tertiary alicyclic amines) is 1. The smallest absolute Gasteiger partial charge is 0.0496 e. The van der Waals surface area contributed by atoms with Gasteiger partial charge >= 0.3 is 0 Å². The summed E-state index contributed by atoms with van der Waals surface area (Å²) < 4.78 is 0. The van der Waals surface area contributed by atoms with E-state index in [0.717, 1.165) is 5.92 Å². The van der Waals surface area contributed by atoms with Crippen molar-refractivity contribution in [1.29, 1.82) is 0 Å². The van der Waals surface area contributed by atoms with Crippen molar-refractivity contribution < 1.29 is 0 Å². The van der Waals surface area contributed by atoms with Gasteiger partial charge in [0.25, 0.3) is 0 Å². The van der Waals surface area contributed by atoms with Crippen molar-refractivity contribution in [2.24, 2.45) is 11.7 Å². The Labute approximate surface area is 124 Å². The van der Waals surface area contributed by atoms with Crippen LogP contribution in [0.1, 0.15) is 56.7 Å². The molecular weight excluding hydrogens is 244 g/mol. The van der Waals surface area contributed by atoms with Gasteiger partial charge in [0.05, 0.1) is 0 Å². The fourth-order valence-electron chi connectivity index (χ4n) is 3.63. The molecule has 2 nitrogen and oxygen atoms in total. The summed E-state index contributed by atoms with van der Waals surface area (Å²) in [5.41, 5.74) is 9.01. The third kappa shape index (κ3) is 3.83. The maximum Gasteiger partial charge on any atom is 0.0496 e. The van der Waals surface area contributed by atoms with Crippen molar-refractivity contribution in [2.45, 2.75) is 58.5 Å². The molecule has 0 spiro atoms. The molecule has 20 heavy (non-hydrogen) atoms. The average molecular weight is 274 g/mol. The number of piperidine rings is 1. The van der Waals surface area contributed by atoms with E-state index in [1.165, 1.54) is 49.9 Å². The third-order valence-electron chi connectivity index (χ3n) is 4.62. The van der Waals surface area contributed by atoms with Crippen LogP contribution in [0.2, 0.25) is 0 Å². The fraction of sp³-hybridized carbons (Fsp3) is 0.667. The summed E-state index contributed by atoms with van der Waals surface area (Å²) in [5, 5.41) is 0. The summed E-state index contributed by atoms with van der Waals surface area (Å²) in [5.74, 6) is 0.933. The summed E-state index contributed by atoms with van der Waals surface area (Å²) in [4.78, 5) is 2.60. The van der Waals surface area contributed by atoms with E-state index in [2.05, 4.69) is 49.9 Å². The van der Waals surface area contributed by atoms with Crippen molar-refractivity contribution in [3.8, 4) is 0 Å². The lowest BCUT2D eigenvalue weighted by Crippen LogP contribution is -2.43. The standard InChI is InChI=1S/C18H30N2/c1-4-6-16-9-11-20(12-10-16)18(15(3)19)17-8-5-7-14(2)13-17/h5,7-8,13,15-16,18H,4,6,9-12,19H2,1-3H3. The molecule has 2 unspecified atom stereocenters. The summed E-state index contributed by atoms with van der Waals surface area (Å²) in [7, 11) is 0. The van der Waals surface area contributed by atoms with E-state index in [0.29, 0.717) is 6.04 Å². The first-order valence-corrected chi connectivity index (χ1v) is 8.18. The first kappa shape index (κ1) is 15.5. The predicted molar refractivity (Wildman–Crippen MR) is 86.8 cm³/mol. The van der Waals surface area contributed by atoms with Gasteiger partial charge in [0, 0.05) is 12.1 Å². The molecule has 1 aliphatic heterocycles. The van der Waals surface area contributed by atoms with E-state index < -0.39 is 0 Å². The monoisotopic (exact) mass is 274 g/mol. The molecule has 1 aromatic carbocycles. The molecule has 1 aliphatic rings. The summed E-state index contributed by atoms with van der Waals surface area (Å²) in [6.07, 6.45) is 5.38. The highest BCUT2D eigenvalue weighted by atomic mass is 15.2. The molecule has 2 rings (SSSR count). The Morgan fingerprint density at radius 3 is 2.55 bits per heavy atom. The second kappa shape index (κ2) is 7.24. The van der Waals surface area contributed by atoms with Crippen LogP contribution in [0.25, 0.3) is 0 Å². The lowest BCUT2D eigenvalue weighted by molar-refractivity contribution is 0.115. The number of nitrogens with two attached hydrogens (primary N) is 1. The Balaban J connectivity index is 2.07. The van der Waals surface area contributed by atoms with E-state index in [1.54, 1.807) is 0 Å². The van der Waals surface area contributed by atoms with Crippen molar-refractivity contribution in [1.82, 2.24) is 4.90 Å². The molecule has 0 aromatic heterocycles. The number of hydrogen-bond acceptors (Lipinski definition) is 2. The van der Waals surface area contributed by atoms with Gasteiger partial charge < -0.3 is 5.73 Å². The Kier molecular flexibility index (Phi) is 5.62. The molecule has 1 heterocycles. The molecule has 1 saturated heterocycles. The number of rotatable bonds is 5. The van der Waals surface area contributed by atoms with Gasteiger partial charge in [-0.05, 0) is 51.3 Å². The molecule has 2 N–H and O–H groups in total. The molecule has 0 bridgehead atoms.